The lowest BCUT2D eigenvalue weighted by molar-refractivity contribution is 0.0874. The van der Waals surface area contributed by atoms with E-state index >= 15 is 0 Å². The van der Waals surface area contributed by atoms with E-state index < -0.39 is 7.26 Å². The average Bonchev–Trinajstić information content (AvgIpc) is 3.32. The van der Waals surface area contributed by atoms with Crippen molar-refractivity contribution in [2.45, 2.75) is 58.2 Å². The molecule has 7 aromatic rings. The normalized spacial score (nSPS) is 13.5. The van der Waals surface area contributed by atoms with Crippen LogP contribution in [0.1, 0.15) is 55.6 Å². The van der Waals surface area contributed by atoms with Gasteiger partial charge in [0.2, 0.25) is 0 Å². The molecule has 1 fully saturated rings. The number of anilines is 2. The van der Waals surface area contributed by atoms with Crippen molar-refractivity contribution in [3.8, 4) is 0 Å². The van der Waals surface area contributed by atoms with Gasteiger partial charge in [-0.25, -0.2) is 0 Å². The van der Waals surface area contributed by atoms with E-state index in [0.717, 1.165) is 81.3 Å². The highest BCUT2D eigenvalue weighted by Crippen LogP contribution is 2.56. The van der Waals surface area contributed by atoms with Crippen molar-refractivity contribution in [1.29, 1.82) is 0 Å². The number of hydrogen-bond donors (Lipinski definition) is 0. The molecular weight excluding hydrogens is 780 g/mol. The molecule has 1 saturated heterocycles. The Kier molecular flexibility index (Phi) is 15.0. The lowest BCUT2D eigenvalue weighted by Gasteiger charge is -2.34. The second-order valence-corrected chi connectivity index (χ2v) is 20.6. The van der Waals surface area contributed by atoms with Gasteiger partial charge in [0.15, 0.2) is 0 Å². The second kappa shape index (κ2) is 21.6. The number of pyridine rings is 3. The number of hydrogen-bond acceptors (Lipinski definition) is 7. The summed E-state index contributed by atoms with van der Waals surface area (Å²) in [5.41, 5.74) is 6.65. The fourth-order valence-electron chi connectivity index (χ4n) is 9.09. The number of rotatable bonds is 20. The highest BCUT2D eigenvalue weighted by atomic mass is 31.2. The molecule has 0 atom stereocenters. The average molecular weight is 842 g/mol. The summed E-state index contributed by atoms with van der Waals surface area (Å²) >= 11 is 0. The molecular formula is C54H62N6OP+. The monoisotopic (exact) mass is 841 g/mol. The summed E-state index contributed by atoms with van der Waals surface area (Å²) in [5, 5.41) is 5.64. The number of piperidine rings is 1. The van der Waals surface area contributed by atoms with Gasteiger partial charge < -0.3 is 14.5 Å². The summed E-state index contributed by atoms with van der Waals surface area (Å²) in [4.78, 5) is 21.7. The van der Waals surface area contributed by atoms with E-state index in [9.17, 15) is 0 Å². The standard InChI is InChI=1S/C54H62N6OP/c1-58(2)48-28-29-53-52(39-48)54(38-47(57-53)42-59(40-45-20-14-16-32-55-45)41-46-21-15-17-33-56-46)60-34-30-44(31-35-60)43-61-36-18-3-4-19-37-62(49-22-8-5-9-23-49,50-24-10-6-11-25-50)51-26-12-7-13-27-51/h5-17,20-29,32-33,38-39,44H,3-4,18-19,30-31,34-37,40-43H2,1-2H3/q+1. The van der Waals surface area contributed by atoms with E-state index in [1.54, 1.807) is 0 Å². The van der Waals surface area contributed by atoms with E-state index in [1.807, 2.05) is 24.5 Å². The number of ether oxygens (including phenoxy) is 1. The molecule has 3 aromatic heterocycles. The van der Waals surface area contributed by atoms with Crippen LogP contribution in [0.4, 0.5) is 11.4 Å². The number of benzene rings is 4. The fraction of sp³-hybridized carbons (Fsp3) is 0.315. The molecule has 4 aromatic carbocycles. The molecule has 7 nitrogen and oxygen atoms in total. The molecule has 0 aliphatic carbocycles. The molecule has 0 amide bonds. The largest absolute Gasteiger partial charge is 0.381 e. The van der Waals surface area contributed by atoms with Crippen molar-refractivity contribution in [3.63, 3.8) is 0 Å². The molecule has 0 saturated carbocycles. The Bertz CT molecular complexity index is 2260. The maximum absolute atomic E-state index is 6.40. The van der Waals surface area contributed by atoms with Crippen molar-refractivity contribution in [1.82, 2.24) is 19.9 Å². The minimum Gasteiger partial charge on any atom is -0.381 e. The van der Waals surface area contributed by atoms with Gasteiger partial charge in [0, 0.05) is 89.2 Å². The van der Waals surface area contributed by atoms with Gasteiger partial charge in [0.05, 0.1) is 28.8 Å². The zero-order valence-corrected chi connectivity index (χ0v) is 37.5. The van der Waals surface area contributed by atoms with Crippen LogP contribution in [0.15, 0.2) is 164 Å². The summed E-state index contributed by atoms with van der Waals surface area (Å²) < 4.78 is 6.40. The van der Waals surface area contributed by atoms with Crippen molar-refractivity contribution < 1.29 is 4.74 Å². The number of aromatic nitrogens is 3. The van der Waals surface area contributed by atoms with Gasteiger partial charge in [-0.1, -0.05) is 73.2 Å². The van der Waals surface area contributed by atoms with Crippen LogP contribution in [-0.4, -0.2) is 66.4 Å². The molecule has 0 unspecified atom stereocenters. The van der Waals surface area contributed by atoms with Crippen LogP contribution in [0.3, 0.4) is 0 Å². The Hall–Kier alpha value is -5.46. The summed E-state index contributed by atoms with van der Waals surface area (Å²) in [7, 11) is 2.45. The van der Waals surface area contributed by atoms with E-state index in [0.29, 0.717) is 12.5 Å². The molecule has 62 heavy (non-hydrogen) atoms. The van der Waals surface area contributed by atoms with E-state index in [1.165, 1.54) is 58.1 Å². The molecule has 0 bridgehead atoms. The summed E-state index contributed by atoms with van der Waals surface area (Å²) in [6.07, 6.45) is 11.9. The first-order valence-corrected chi connectivity index (χ1v) is 24.5. The van der Waals surface area contributed by atoms with E-state index in [-0.39, 0.29) is 0 Å². The zero-order chi connectivity index (χ0) is 42.4. The number of fused-ring (bicyclic) bond motifs is 1. The molecule has 0 spiro atoms. The molecule has 4 heterocycles. The van der Waals surface area contributed by atoms with Crippen molar-refractivity contribution >= 4 is 45.5 Å². The van der Waals surface area contributed by atoms with Gasteiger partial charge in [0.1, 0.15) is 23.2 Å². The Morgan fingerprint density at radius 2 is 1.15 bits per heavy atom. The molecule has 1 aliphatic heterocycles. The Morgan fingerprint density at radius 1 is 0.597 bits per heavy atom. The third-order valence-corrected chi connectivity index (χ3v) is 16.9. The van der Waals surface area contributed by atoms with Gasteiger partial charge in [-0.15, -0.1) is 0 Å². The zero-order valence-electron chi connectivity index (χ0n) is 36.6. The molecule has 318 valence electrons. The topological polar surface area (TPSA) is 57.6 Å². The van der Waals surface area contributed by atoms with Crippen molar-refractivity contribution in [3.05, 3.63) is 181 Å². The third kappa shape index (κ3) is 10.9. The lowest BCUT2D eigenvalue weighted by Crippen LogP contribution is -2.35. The van der Waals surface area contributed by atoms with Crippen LogP contribution in [0.25, 0.3) is 10.9 Å². The number of unbranched alkanes of at least 4 members (excludes halogenated alkanes) is 3. The van der Waals surface area contributed by atoms with Gasteiger partial charge >= 0.3 is 0 Å². The Labute approximate surface area is 370 Å². The van der Waals surface area contributed by atoms with Crippen LogP contribution < -0.4 is 25.7 Å². The first-order chi connectivity index (χ1) is 30.5. The Balaban J connectivity index is 0.864. The van der Waals surface area contributed by atoms with Crippen molar-refractivity contribution in [2.75, 3.05) is 56.4 Å². The predicted octanol–water partition coefficient (Wildman–Crippen LogP) is 10.1. The summed E-state index contributed by atoms with van der Waals surface area (Å²) in [6, 6.07) is 55.1. The minimum atomic E-state index is -1.76. The van der Waals surface area contributed by atoms with Gasteiger partial charge in [-0.3, -0.25) is 19.9 Å². The predicted molar refractivity (Wildman–Crippen MR) is 262 cm³/mol. The smallest absolute Gasteiger partial charge is 0.112 e. The van der Waals surface area contributed by atoms with Gasteiger partial charge in [-0.2, -0.15) is 0 Å². The quantitative estimate of drug-likeness (QED) is 0.0560. The first kappa shape index (κ1) is 43.2. The maximum Gasteiger partial charge on any atom is 0.112 e. The summed E-state index contributed by atoms with van der Waals surface area (Å²) in [5.74, 6) is 0.580. The van der Waals surface area contributed by atoms with Crippen LogP contribution in [0.2, 0.25) is 0 Å². The first-order valence-electron chi connectivity index (χ1n) is 22.6. The van der Waals surface area contributed by atoms with E-state index in [2.05, 4.69) is 178 Å². The fourth-order valence-corrected chi connectivity index (χ4v) is 13.5. The molecule has 0 N–H and O–H groups in total. The molecule has 1 aliphatic rings. The Morgan fingerprint density at radius 3 is 1.69 bits per heavy atom. The van der Waals surface area contributed by atoms with Crippen LogP contribution in [0, 0.1) is 5.92 Å². The minimum absolute atomic E-state index is 0.580. The number of nitrogens with zero attached hydrogens (tertiary/aromatic N) is 6. The van der Waals surface area contributed by atoms with Gasteiger partial charge in [0.25, 0.3) is 0 Å². The van der Waals surface area contributed by atoms with E-state index in [4.69, 9.17) is 9.72 Å². The van der Waals surface area contributed by atoms with Crippen molar-refractivity contribution in [2.24, 2.45) is 5.92 Å². The SMILES string of the molecule is CN(C)c1ccc2nc(CN(Cc3ccccn3)Cc3ccccn3)cc(N3CCC(COCCCCCC[P+](c4ccccc4)(c4ccccc4)c4ccccc4)CC3)c2c1. The molecule has 8 heteroatoms. The highest BCUT2D eigenvalue weighted by molar-refractivity contribution is 7.95. The molecule has 8 rings (SSSR count). The van der Waals surface area contributed by atoms with Crippen LogP contribution >= 0.6 is 7.26 Å². The highest BCUT2D eigenvalue weighted by Gasteiger charge is 2.44. The van der Waals surface area contributed by atoms with Gasteiger partial charge in [-0.05, 0) is 123 Å². The van der Waals surface area contributed by atoms with Crippen LogP contribution in [0.5, 0.6) is 0 Å². The van der Waals surface area contributed by atoms with Crippen LogP contribution in [-0.2, 0) is 24.4 Å². The summed E-state index contributed by atoms with van der Waals surface area (Å²) in [6.45, 7) is 5.86. The second-order valence-electron chi connectivity index (χ2n) is 17.0. The maximum atomic E-state index is 6.40. The molecule has 0 radical (unpaired) electrons. The third-order valence-electron chi connectivity index (χ3n) is 12.4. The lowest BCUT2D eigenvalue weighted by atomic mass is 9.96.